The molecule has 1 aliphatic heterocycles. The largest absolute Gasteiger partial charge is 0.386 e. The summed E-state index contributed by atoms with van der Waals surface area (Å²) in [5.74, 6) is 1.53. The second-order valence-electron chi connectivity index (χ2n) is 6.66. The van der Waals surface area contributed by atoms with Gasteiger partial charge in [0.05, 0.1) is 5.69 Å². The molecule has 1 fully saturated rings. The molecule has 134 valence electrons. The Balaban J connectivity index is 1.47. The minimum Gasteiger partial charge on any atom is -0.386 e. The summed E-state index contributed by atoms with van der Waals surface area (Å²) in [5.41, 5.74) is 0.887. The van der Waals surface area contributed by atoms with Gasteiger partial charge in [-0.15, -0.1) is 0 Å². The van der Waals surface area contributed by atoms with Crippen molar-refractivity contribution in [3.05, 3.63) is 41.4 Å². The Kier molecular flexibility index (Phi) is 5.03. The number of aromatic nitrogens is 2. The van der Waals surface area contributed by atoms with Crippen molar-refractivity contribution in [1.29, 1.82) is 0 Å². The molecule has 0 unspecified atom stereocenters. The number of pyridine rings is 1. The number of amides is 1. The van der Waals surface area contributed by atoms with Crippen molar-refractivity contribution in [3.63, 3.8) is 0 Å². The van der Waals surface area contributed by atoms with E-state index in [9.17, 15) is 9.90 Å². The van der Waals surface area contributed by atoms with Crippen LogP contribution in [-0.2, 0) is 11.2 Å². The van der Waals surface area contributed by atoms with Crippen molar-refractivity contribution in [1.82, 2.24) is 15.5 Å². The van der Waals surface area contributed by atoms with Crippen molar-refractivity contribution in [2.75, 3.05) is 24.5 Å². The Labute approximate surface area is 147 Å². The van der Waals surface area contributed by atoms with Crippen LogP contribution in [-0.4, -0.2) is 46.4 Å². The Hall–Kier alpha value is -2.41. The SMILES string of the molecule is Cc1noc(C)c1CCC(=O)NC[C@]1(O)CCN(c2ccccn2)C1. The average molecular weight is 344 g/mol. The lowest BCUT2D eigenvalue weighted by Gasteiger charge is -2.24. The monoisotopic (exact) mass is 344 g/mol. The van der Waals surface area contributed by atoms with Crippen LogP contribution in [0.25, 0.3) is 0 Å². The van der Waals surface area contributed by atoms with E-state index in [1.807, 2.05) is 36.9 Å². The fraction of sp³-hybridized carbons (Fsp3) is 0.500. The van der Waals surface area contributed by atoms with E-state index in [0.29, 0.717) is 25.8 Å². The van der Waals surface area contributed by atoms with E-state index in [-0.39, 0.29) is 12.5 Å². The first-order valence-corrected chi connectivity index (χ1v) is 8.54. The second kappa shape index (κ2) is 7.23. The molecule has 0 saturated carbocycles. The van der Waals surface area contributed by atoms with Crippen LogP contribution in [0.15, 0.2) is 28.9 Å². The number of β-amino-alcohol motifs (C(OH)–C–C–N with tert-alkyl or cyclic N) is 1. The maximum Gasteiger partial charge on any atom is 0.220 e. The van der Waals surface area contributed by atoms with Gasteiger partial charge < -0.3 is 19.8 Å². The zero-order chi connectivity index (χ0) is 17.9. The summed E-state index contributed by atoms with van der Waals surface area (Å²) in [6.07, 6.45) is 3.28. The lowest BCUT2D eigenvalue weighted by atomic mass is 10.0. The maximum atomic E-state index is 12.1. The highest BCUT2D eigenvalue weighted by molar-refractivity contribution is 5.76. The molecule has 2 N–H and O–H groups in total. The smallest absolute Gasteiger partial charge is 0.220 e. The van der Waals surface area contributed by atoms with Crippen LogP contribution in [0, 0.1) is 13.8 Å². The van der Waals surface area contributed by atoms with Gasteiger partial charge in [0.25, 0.3) is 0 Å². The Morgan fingerprint density at radius 2 is 2.28 bits per heavy atom. The van der Waals surface area contributed by atoms with Gasteiger partial charge in [-0.05, 0) is 38.8 Å². The number of carbonyl (C=O) groups excluding carboxylic acids is 1. The first-order chi connectivity index (χ1) is 12.0. The van der Waals surface area contributed by atoms with Gasteiger partial charge in [-0.3, -0.25) is 4.79 Å². The molecule has 1 aliphatic rings. The van der Waals surface area contributed by atoms with Gasteiger partial charge in [0.2, 0.25) is 5.91 Å². The van der Waals surface area contributed by atoms with Gasteiger partial charge in [0, 0.05) is 37.8 Å². The third-order valence-corrected chi connectivity index (χ3v) is 4.70. The summed E-state index contributed by atoms with van der Waals surface area (Å²) in [4.78, 5) is 18.5. The lowest BCUT2D eigenvalue weighted by molar-refractivity contribution is -0.122. The van der Waals surface area contributed by atoms with Crippen LogP contribution >= 0.6 is 0 Å². The highest BCUT2D eigenvalue weighted by atomic mass is 16.5. The lowest BCUT2D eigenvalue weighted by Crippen LogP contribution is -2.45. The van der Waals surface area contributed by atoms with Crippen molar-refractivity contribution >= 4 is 11.7 Å². The van der Waals surface area contributed by atoms with Gasteiger partial charge >= 0.3 is 0 Å². The first-order valence-electron chi connectivity index (χ1n) is 8.54. The standard InChI is InChI=1S/C18H24N4O3/c1-13-15(14(2)25-21-13)6-7-17(23)20-11-18(24)8-10-22(12-18)16-5-3-4-9-19-16/h3-5,9,24H,6-8,10-12H2,1-2H3,(H,20,23)/t18-/m1/s1. The molecule has 7 heteroatoms. The Morgan fingerprint density at radius 1 is 1.44 bits per heavy atom. The number of rotatable bonds is 6. The zero-order valence-electron chi connectivity index (χ0n) is 14.7. The highest BCUT2D eigenvalue weighted by Crippen LogP contribution is 2.24. The number of hydrogen-bond donors (Lipinski definition) is 2. The quantitative estimate of drug-likeness (QED) is 0.822. The molecule has 1 atom stereocenters. The molecule has 0 bridgehead atoms. The molecule has 25 heavy (non-hydrogen) atoms. The van der Waals surface area contributed by atoms with Crippen LogP contribution in [0.1, 0.15) is 29.9 Å². The molecule has 3 heterocycles. The van der Waals surface area contributed by atoms with Gasteiger partial charge in [-0.2, -0.15) is 0 Å². The molecular formula is C18H24N4O3. The van der Waals surface area contributed by atoms with E-state index in [4.69, 9.17) is 4.52 Å². The first kappa shape index (κ1) is 17.4. The summed E-state index contributed by atoms with van der Waals surface area (Å²) in [7, 11) is 0. The third-order valence-electron chi connectivity index (χ3n) is 4.70. The van der Waals surface area contributed by atoms with Crippen molar-refractivity contribution in [2.45, 2.75) is 38.7 Å². The number of aliphatic hydroxyl groups is 1. The number of anilines is 1. The average Bonchev–Trinajstić information content (AvgIpc) is 3.16. The predicted octanol–water partition coefficient (Wildman–Crippen LogP) is 1.38. The second-order valence-corrected chi connectivity index (χ2v) is 6.66. The summed E-state index contributed by atoms with van der Waals surface area (Å²) < 4.78 is 5.11. The Bertz CT molecular complexity index is 712. The van der Waals surface area contributed by atoms with E-state index in [1.54, 1.807) is 6.20 Å². The highest BCUT2D eigenvalue weighted by Gasteiger charge is 2.36. The fourth-order valence-corrected chi connectivity index (χ4v) is 3.19. The minimum absolute atomic E-state index is 0.0790. The zero-order valence-corrected chi connectivity index (χ0v) is 14.7. The maximum absolute atomic E-state index is 12.1. The molecule has 2 aromatic heterocycles. The van der Waals surface area contributed by atoms with E-state index < -0.39 is 5.60 Å². The van der Waals surface area contributed by atoms with Crippen molar-refractivity contribution < 1.29 is 14.4 Å². The van der Waals surface area contributed by atoms with Gasteiger partial charge in [-0.1, -0.05) is 11.2 Å². The normalized spacial score (nSPS) is 20.0. The summed E-state index contributed by atoms with van der Waals surface area (Å²) >= 11 is 0. The van der Waals surface area contributed by atoms with Crippen molar-refractivity contribution in [2.24, 2.45) is 0 Å². The van der Waals surface area contributed by atoms with E-state index in [2.05, 4.69) is 15.5 Å². The Morgan fingerprint density at radius 3 is 2.96 bits per heavy atom. The molecule has 0 radical (unpaired) electrons. The van der Waals surface area contributed by atoms with E-state index in [1.165, 1.54) is 0 Å². The number of nitrogens with zero attached hydrogens (tertiary/aromatic N) is 3. The molecule has 0 spiro atoms. The number of hydrogen-bond acceptors (Lipinski definition) is 6. The van der Waals surface area contributed by atoms with Crippen LogP contribution < -0.4 is 10.2 Å². The molecule has 1 amide bonds. The molecule has 2 aromatic rings. The van der Waals surface area contributed by atoms with Crippen LogP contribution in [0.4, 0.5) is 5.82 Å². The molecule has 0 aromatic carbocycles. The van der Waals surface area contributed by atoms with Crippen LogP contribution in [0.2, 0.25) is 0 Å². The molecule has 3 rings (SSSR count). The van der Waals surface area contributed by atoms with Crippen LogP contribution in [0.5, 0.6) is 0 Å². The van der Waals surface area contributed by atoms with Crippen LogP contribution in [0.3, 0.4) is 0 Å². The van der Waals surface area contributed by atoms with Gasteiger partial charge in [-0.25, -0.2) is 4.98 Å². The topological polar surface area (TPSA) is 91.5 Å². The molecule has 0 aliphatic carbocycles. The summed E-state index contributed by atoms with van der Waals surface area (Å²) in [6.45, 7) is 5.16. The summed E-state index contributed by atoms with van der Waals surface area (Å²) in [5, 5.41) is 17.4. The van der Waals surface area contributed by atoms with Crippen molar-refractivity contribution in [3.8, 4) is 0 Å². The number of nitrogens with one attached hydrogen (secondary N) is 1. The minimum atomic E-state index is -0.920. The molecule has 1 saturated heterocycles. The number of aryl methyl sites for hydroxylation is 2. The van der Waals surface area contributed by atoms with Gasteiger partial charge in [0.15, 0.2) is 0 Å². The molecular weight excluding hydrogens is 320 g/mol. The van der Waals surface area contributed by atoms with Gasteiger partial charge in [0.1, 0.15) is 17.2 Å². The molecule has 7 nitrogen and oxygen atoms in total. The fourth-order valence-electron chi connectivity index (χ4n) is 3.19. The number of carbonyl (C=O) groups is 1. The van der Waals surface area contributed by atoms with E-state index >= 15 is 0 Å². The summed E-state index contributed by atoms with van der Waals surface area (Å²) in [6, 6.07) is 5.72. The predicted molar refractivity (Wildman–Crippen MR) is 93.3 cm³/mol. The van der Waals surface area contributed by atoms with E-state index in [0.717, 1.165) is 29.4 Å². The third kappa shape index (κ3) is 4.17.